The van der Waals surface area contributed by atoms with E-state index in [4.69, 9.17) is 0 Å². The van der Waals surface area contributed by atoms with E-state index in [0.29, 0.717) is 5.56 Å². The van der Waals surface area contributed by atoms with Gasteiger partial charge in [0.05, 0.1) is 0 Å². The van der Waals surface area contributed by atoms with Crippen molar-refractivity contribution < 1.29 is 4.79 Å². The molecule has 3 rings (SSSR count). The second-order valence-corrected chi connectivity index (χ2v) is 5.21. The van der Waals surface area contributed by atoms with Crippen molar-refractivity contribution >= 4 is 22.2 Å². The summed E-state index contributed by atoms with van der Waals surface area (Å²) in [6, 6.07) is 23.6. The zero-order valence-corrected chi connectivity index (χ0v) is 12.4. The Morgan fingerprint density at radius 3 is 2.36 bits per heavy atom. The zero-order valence-electron chi connectivity index (χ0n) is 12.4. The second kappa shape index (κ2) is 6.27. The summed E-state index contributed by atoms with van der Waals surface area (Å²) in [5.41, 5.74) is 2.53. The molecular weight excluding hydrogens is 270 g/mol. The number of carbonyl (C=O) groups excluding carboxylic acids is 1. The van der Waals surface area contributed by atoms with Crippen molar-refractivity contribution in [1.29, 1.82) is 0 Å². The number of allylic oxidation sites excluding steroid dienone is 2. The summed E-state index contributed by atoms with van der Waals surface area (Å²) in [6.07, 6.45) is 1.64. The molecule has 22 heavy (non-hydrogen) atoms. The monoisotopic (exact) mass is 287 g/mol. The first kappa shape index (κ1) is 14.1. The Balaban J connectivity index is 1.85. The maximum absolute atomic E-state index is 12.2. The maximum atomic E-state index is 12.2. The summed E-state index contributed by atoms with van der Waals surface area (Å²) in [4.78, 5) is 12.2. The molecule has 0 amide bonds. The lowest BCUT2D eigenvalue weighted by atomic mass is 10.1. The van der Waals surface area contributed by atoms with Crippen LogP contribution in [0.2, 0.25) is 0 Å². The summed E-state index contributed by atoms with van der Waals surface area (Å²) in [5, 5.41) is 5.64. The van der Waals surface area contributed by atoms with Gasteiger partial charge in [0, 0.05) is 28.4 Å². The summed E-state index contributed by atoms with van der Waals surface area (Å²) in [6.45, 7) is 1.91. The normalized spacial score (nSPS) is 11.4. The topological polar surface area (TPSA) is 29.1 Å². The predicted molar refractivity (Wildman–Crippen MR) is 92.1 cm³/mol. The van der Waals surface area contributed by atoms with Gasteiger partial charge in [0.15, 0.2) is 5.78 Å². The van der Waals surface area contributed by atoms with Gasteiger partial charge in [-0.05, 0) is 18.4 Å². The van der Waals surface area contributed by atoms with E-state index in [1.54, 1.807) is 6.08 Å². The van der Waals surface area contributed by atoms with Crippen molar-refractivity contribution in [1.82, 2.24) is 0 Å². The molecule has 0 saturated heterocycles. The SMILES string of the molecule is CC(=CC(=O)c1ccccc1)Nc1cccc2ccccc12. The van der Waals surface area contributed by atoms with E-state index < -0.39 is 0 Å². The molecule has 108 valence electrons. The van der Waals surface area contributed by atoms with E-state index >= 15 is 0 Å². The number of hydrogen-bond donors (Lipinski definition) is 1. The van der Waals surface area contributed by atoms with Crippen molar-refractivity contribution in [2.75, 3.05) is 5.32 Å². The maximum Gasteiger partial charge on any atom is 0.187 e. The zero-order chi connectivity index (χ0) is 15.4. The van der Waals surface area contributed by atoms with Crippen LogP contribution in [0.4, 0.5) is 5.69 Å². The van der Waals surface area contributed by atoms with Gasteiger partial charge >= 0.3 is 0 Å². The van der Waals surface area contributed by atoms with Crippen molar-refractivity contribution in [2.45, 2.75) is 6.92 Å². The van der Waals surface area contributed by atoms with Crippen molar-refractivity contribution in [3.63, 3.8) is 0 Å². The Kier molecular flexibility index (Phi) is 4.01. The Bertz CT molecular complexity index is 829. The molecule has 0 aromatic heterocycles. The first-order valence-electron chi connectivity index (χ1n) is 7.26. The van der Waals surface area contributed by atoms with Gasteiger partial charge < -0.3 is 5.32 Å². The lowest BCUT2D eigenvalue weighted by Crippen LogP contribution is -2.01. The summed E-state index contributed by atoms with van der Waals surface area (Å²) >= 11 is 0. The second-order valence-electron chi connectivity index (χ2n) is 5.21. The summed E-state index contributed by atoms with van der Waals surface area (Å²) in [5.74, 6) is 0.00540. The van der Waals surface area contributed by atoms with Gasteiger partial charge in [0.25, 0.3) is 0 Å². The largest absolute Gasteiger partial charge is 0.359 e. The number of anilines is 1. The average molecular weight is 287 g/mol. The minimum atomic E-state index is 0.00540. The van der Waals surface area contributed by atoms with Crippen molar-refractivity contribution in [3.8, 4) is 0 Å². The summed E-state index contributed by atoms with van der Waals surface area (Å²) in [7, 11) is 0. The lowest BCUT2D eigenvalue weighted by Gasteiger charge is -2.10. The number of benzene rings is 3. The molecule has 1 N–H and O–H groups in total. The van der Waals surface area contributed by atoms with E-state index in [2.05, 4.69) is 23.5 Å². The fourth-order valence-electron chi connectivity index (χ4n) is 2.47. The van der Waals surface area contributed by atoms with Crippen LogP contribution in [-0.2, 0) is 0 Å². The van der Waals surface area contributed by atoms with Gasteiger partial charge in [-0.15, -0.1) is 0 Å². The number of hydrogen-bond acceptors (Lipinski definition) is 2. The van der Waals surface area contributed by atoms with Crippen LogP contribution in [0.5, 0.6) is 0 Å². The third-order valence-electron chi connectivity index (χ3n) is 3.53. The van der Waals surface area contributed by atoms with E-state index in [-0.39, 0.29) is 5.78 Å². The molecule has 2 heteroatoms. The first-order chi connectivity index (χ1) is 10.7. The number of carbonyl (C=O) groups is 1. The molecule has 3 aromatic carbocycles. The molecule has 0 aliphatic carbocycles. The van der Waals surface area contributed by atoms with Crippen molar-refractivity contribution in [2.24, 2.45) is 0 Å². The van der Waals surface area contributed by atoms with E-state index in [1.807, 2.05) is 61.5 Å². The Hall–Kier alpha value is -2.87. The Morgan fingerprint density at radius 2 is 1.55 bits per heavy atom. The van der Waals surface area contributed by atoms with Gasteiger partial charge in [-0.2, -0.15) is 0 Å². The highest BCUT2D eigenvalue weighted by Crippen LogP contribution is 2.24. The number of fused-ring (bicyclic) bond motifs is 1. The lowest BCUT2D eigenvalue weighted by molar-refractivity contribution is 0.104. The first-order valence-corrected chi connectivity index (χ1v) is 7.26. The molecule has 0 heterocycles. The highest BCUT2D eigenvalue weighted by Gasteiger charge is 2.04. The molecule has 0 radical (unpaired) electrons. The van der Waals surface area contributed by atoms with Crippen LogP contribution in [0.15, 0.2) is 84.6 Å². The molecule has 0 aliphatic heterocycles. The van der Waals surface area contributed by atoms with Crippen LogP contribution in [0.25, 0.3) is 10.8 Å². The van der Waals surface area contributed by atoms with Crippen LogP contribution in [0.1, 0.15) is 17.3 Å². The van der Waals surface area contributed by atoms with Gasteiger partial charge in [-0.1, -0.05) is 66.7 Å². The standard InChI is InChI=1S/C20H17NO/c1-15(14-20(22)17-9-3-2-4-10-17)21-19-13-7-11-16-8-5-6-12-18(16)19/h2-14,21H,1H3. The third kappa shape index (κ3) is 3.07. The predicted octanol–water partition coefficient (Wildman–Crippen LogP) is 5.04. The average Bonchev–Trinajstić information content (AvgIpc) is 2.56. The molecule has 2 nitrogen and oxygen atoms in total. The van der Waals surface area contributed by atoms with Crippen LogP contribution in [0, 0.1) is 0 Å². The van der Waals surface area contributed by atoms with Crippen LogP contribution in [0.3, 0.4) is 0 Å². The van der Waals surface area contributed by atoms with Crippen LogP contribution >= 0.6 is 0 Å². The van der Waals surface area contributed by atoms with Gasteiger partial charge in [-0.3, -0.25) is 4.79 Å². The fraction of sp³-hybridized carbons (Fsp3) is 0.0500. The molecule has 0 fully saturated rings. The summed E-state index contributed by atoms with van der Waals surface area (Å²) < 4.78 is 0. The van der Waals surface area contributed by atoms with Crippen LogP contribution in [-0.4, -0.2) is 5.78 Å². The molecule has 3 aromatic rings. The van der Waals surface area contributed by atoms with Gasteiger partial charge in [0.1, 0.15) is 0 Å². The Morgan fingerprint density at radius 1 is 0.864 bits per heavy atom. The quantitative estimate of drug-likeness (QED) is 0.538. The molecular formula is C20H17NO. The van der Waals surface area contributed by atoms with Gasteiger partial charge in [-0.25, -0.2) is 0 Å². The van der Waals surface area contributed by atoms with Crippen molar-refractivity contribution in [3.05, 3.63) is 90.1 Å². The number of nitrogens with one attached hydrogen (secondary N) is 1. The third-order valence-corrected chi connectivity index (χ3v) is 3.53. The van der Waals surface area contributed by atoms with E-state index in [1.165, 1.54) is 5.39 Å². The molecule has 0 bridgehead atoms. The molecule has 0 spiro atoms. The highest BCUT2D eigenvalue weighted by molar-refractivity contribution is 6.05. The fourth-order valence-corrected chi connectivity index (χ4v) is 2.47. The molecule has 0 unspecified atom stereocenters. The Labute approximate surface area is 130 Å². The molecule has 0 atom stereocenters. The number of ketones is 1. The van der Waals surface area contributed by atoms with E-state index in [9.17, 15) is 4.79 Å². The van der Waals surface area contributed by atoms with Crippen LogP contribution < -0.4 is 5.32 Å². The number of rotatable bonds is 4. The molecule has 0 saturated carbocycles. The van der Waals surface area contributed by atoms with E-state index in [0.717, 1.165) is 16.8 Å². The highest BCUT2D eigenvalue weighted by atomic mass is 16.1. The van der Waals surface area contributed by atoms with Gasteiger partial charge in [0.2, 0.25) is 0 Å². The smallest absolute Gasteiger partial charge is 0.187 e. The minimum Gasteiger partial charge on any atom is -0.359 e. The molecule has 0 aliphatic rings. The minimum absolute atomic E-state index is 0.00540.